The number of nitrogens with zero attached hydrogens (tertiary/aromatic N) is 2. The molecule has 23 heavy (non-hydrogen) atoms. The van der Waals surface area contributed by atoms with Crippen molar-refractivity contribution >= 4 is 16.8 Å². The Hall–Kier alpha value is -2.60. The Morgan fingerprint density at radius 1 is 1.43 bits per heavy atom. The summed E-state index contributed by atoms with van der Waals surface area (Å²) in [5.41, 5.74) is 1.63. The number of hydrogen-bond donors (Lipinski definition) is 2. The number of carbonyl (C=O) groups excluding carboxylic acids is 1. The summed E-state index contributed by atoms with van der Waals surface area (Å²) < 4.78 is 7.73. The molecule has 2 N–H and O–H groups in total. The van der Waals surface area contributed by atoms with Crippen molar-refractivity contribution in [1.29, 1.82) is 0 Å². The number of aromatic amines is 1. The highest BCUT2D eigenvalue weighted by molar-refractivity contribution is 6.06. The van der Waals surface area contributed by atoms with Gasteiger partial charge in [-0.1, -0.05) is 6.07 Å². The van der Waals surface area contributed by atoms with Crippen LogP contribution in [-0.4, -0.2) is 33.1 Å². The number of hydrogen-bond acceptors (Lipinski definition) is 3. The van der Waals surface area contributed by atoms with E-state index in [0.29, 0.717) is 12.2 Å². The van der Waals surface area contributed by atoms with Gasteiger partial charge in [-0.25, -0.2) is 4.98 Å². The van der Waals surface area contributed by atoms with Gasteiger partial charge in [-0.15, -0.1) is 0 Å². The molecule has 1 aliphatic heterocycles. The molecule has 4 rings (SSSR count). The average molecular weight is 310 g/mol. The first-order valence-corrected chi connectivity index (χ1v) is 7.70. The van der Waals surface area contributed by atoms with Crippen molar-refractivity contribution in [2.45, 2.75) is 18.6 Å². The molecule has 1 amide bonds. The molecule has 1 fully saturated rings. The molecule has 6 nitrogen and oxygen atoms in total. The van der Waals surface area contributed by atoms with E-state index in [9.17, 15) is 4.79 Å². The fraction of sp³-hybridized carbons (Fsp3) is 0.294. The highest BCUT2D eigenvalue weighted by Gasteiger charge is 2.33. The van der Waals surface area contributed by atoms with Crippen molar-refractivity contribution in [3.05, 3.63) is 54.2 Å². The highest BCUT2D eigenvalue weighted by Crippen LogP contribution is 2.28. The average Bonchev–Trinajstić information content (AvgIpc) is 3.26. The Bertz CT molecular complexity index is 851. The van der Waals surface area contributed by atoms with Crippen LogP contribution in [0.5, 0.6) is 0 Å². The van der Waals surface area contributed by atoms with Crippen LogP contribution >= 0.6 is 0 Å². The molecule has 1 saturated heterocycles. The Kier molecular flexibility index (Phi) is 3.38. The number of ether oxygens (including phenoxy) is 1. The molecule has 1 aromatic carbocycles. The molecule has 0 spiro atoms. The van der Waals surface area contributed by atoms with Gasteiger partial charge in [-0.2, -0.15) is 0 Å². The Morgan fingerprint density at radius 3 is 3.17 bits per heavy atom. The van der Waals surface area contributed by atoms with E-state index in [-0.39, 0.29) is 18.1 Å². The van der Waals surface area contributed by atoms with Crippen molar-refractivity contribution < 1.29 is 9.53 Å². The zero-order valence-corrected chi connectivity index (χ0v) is 12.8. The smallest absolute Gasteiger partial charge is 0.252 e. The van der Waals surface area contributed by atoms with Gasteiger partial charge in [0.1, 0.15) is 11.9 Å². The second kappa shape index (κ2) is 5.55. The number of benzene rings is 1. The largest absolute Gasteiger partial charge is 0.368 e. The van der Waals surface area contributed by atoms with Crippen LogP contribution in [0.3, 0.4) is 0 Å². The van der Waals surface area contributed by atoms with Gasteiger partial charge in [0.25, 0.3) is 5.91 Å². The van der Waals surface area contributed by atoms with Crippen LogP contribution in [0.1, 0.15) is 28.7 Å². The summed E-state index contributed by atoms with van der Waals surface area (Å²) in [7, 11) is 1.93. The molecule has 1 aliphatic rings. The van der Waals surface area contributed by atoms with E-state index in [2.05, 4.69) is 15.3 Å². The topological polar surface area (TPSA) is 71.9 Å². The summed E-state index contributed by atoms with van der Waals surface area (Å²) in [4.78, 5) is 20.2. The van der Waals surface area contributed by atoms with E-state index in [1.807, 2.05) is 48.3 Å². The number of fused-ring (bicyclic) bond motifs is 1. The van der Waals surface area contributed by atoms with Gasteiger partial charge in [0.2, 0.25) is 0 Å². The number of aryl methyl sites for hydroxylation is 1. The standard InChI is InChI=1S/C17H18N4O2/c1-21-9-8-19-16(21)15-14(6-10-23-15)20-17(22)12-3-2-4-13-11(12)5-7-18-13/h2-5,7-9,14-15,18H,6,10H2,1H3,(H,20,22)/t14-,15-/m0/s1. The monoisotopic (exact) mass is 310 g/mol. The molecule has 6 heteroatoms. The van der Waals surface area contributed by atoms with Crippen molar-refractivity contribution in [3.8, 4) is 0 Å². The Balaban J connectivity index is 1.59. The van der Waals surface area contributed by atoms with Gasteiger partial charge < -0.3 is 19.6 Å². The summed E-state index contributed by atoms with van der Waals surface area (Å²) in [6.07, 6.45) is 6.06. The first-order chi connectivity index (χ1) is 11.2. The summed E-state index contributed by atoms with van der Waals surface area (Å²) in [6.45, 7) is 0.622. The zero-order chi connectivity index (χ0) is 15.8. The second-order valence-corrected chi connectivity index (χ2v) is 5.80. The predicted molar refractivity (Wildman–Crippen MR) is 86.1 cm³/mol. The molecule has 3 heterocycles. The maximum atomic E-state index is 12.7. The molecular formula is C17H18N4O2. The van der Waals surface area contributed by atoms with E-state index in [1.54, 1.807) is 6.20 Å². The highest BCUT2D eigenvalue weighted by atomic mass is 16.5. The van der Waals surface area contributed by atoms with E-state index in [4.69, 9.17) is 4.74 Å². The van der Waals surface area contributed by atoms with Crippen LogP contribution in [0, 0.1) is 0 Å². The fourth-order valence-corrected chi connectivity index (χ4v) is 3.17. The maximum absolute atomic E-state index is 12.7. The van der Waals surface area contributed by atoms with Gasteiger partial charge in [0, 0.05) is 48.7 Å². The first-order valence-electron chi connectivity index (χ1n) is 7.70. The van der Waals surface area contributed by atoms with Crippen LogP contribution in [0.25, 0.3) is 10.9 Å². The molecule has 0 unspecified atom stereocenters. The first kappa shape index (κ1) is 14.0. The Morgan fingerprint density at radius 2 is 2.35 bits per heavy atom. The molecule has 0 radical (unpaired) electrons. The minimum atomic E-state index is -0.204. The third-order valence-corrected chi connectivity index (χ3v) is 4.36. The van der Waals surface area contributed by atoms with Crippen molar-refractivity contribution in [3.63, 3.8) is 0 Å². The van der Waals surface area contributed by atoms with E-state index >= 15 is 0 Å². The van der Waals surface area contributed by atoms with Crippen LogP contribution < -0.4 is 5.32 Å². The lowest BCUT2D eigenvalue weighted by atomic mass is 10.1. The number of rotatable bonds is 3. The normalized spacial score (nSPS) is 20.9. The summed E-state index contributed by atoms with van der Waals surface area (Å²) in [6, 6.07) is 7.54. The number of aromatic nitrogens is 3. The summed E-state index contributed by atoms with van der Waals surface area (Å²) >= 11 is 0. The van der Waals surface area contributed by atoms with Crippen LogP contribution in [0.15, 0.2) is 42.9 Å². The minimum Gasteiger partial charge on any atom is -0.368 e. The molecule has 0 aliphatic carbocycles. The van der Waals surface area contributed by atoms with Gasteiger partial charge in [0.15, 0.2) is 0 Å². The van der Waals surface area contributed by atoms with E-state index in [0.717, 1.165) is 23.1 Å². The van der Waals surface area contributed by atoms with Gasteiger partial charge >= 0.3 is 0 Å². The van der Waals surface area contributed by atoms with Crippen LogP contribution in [0.2, 0.25) is 0 Å². The zero-order valence-electron chi connectivity index (χ0n) is 12.8. The molecule has 2 aromatic heterocycles. The molecule has 2 atom stereocenters. The lowest BCUT2D eigenvalue weighted by Crippen LogP contribution is -2.37. The van der Waals surface area contributed by atoms with Gasteiger partial charge in [-0.3, -0.25) is 4.79 Å². The number of amides is 1. The third-order valence-electron chi connectivity index (χ3n) is 4.36. The molecule has 118 valence electrons. The van der Waals surface area contributed by atoms with Crippen LogP contribution in [0.4, 0.5) is 0 Å². The van der Waals surface area contributed by atoms with Crippen molar-refractivity contribution in [2.75, 3.05) is 6.61 Å². The number of imidazole rings is 1. The predicted octanol–water partition coefficient (Wildman–Crippen LogP) is 2.16. The fourth-order valence-electron chi connectivity index (χ4n) is 3.17. The maximum Gasteiger partial charge on any atom is 0.252 e. The van der Waals surface area contributed by atoms with Crippen molar-refractivity contribution in [2.24, 2.45) is 7.05 Å². The number of H-pyrrole nitrogens is 1. The lowest BCUT2D eigenvalue weighted by Gasteiger charge is -2.19. The SMILES string of the molecule is Cn1ccnc1[C@H]1OCC[C@@H]1NC(=O)c1cccc2[nH]ccc12. The quantitative estimate of drug-likeness (QED) is 0.778. The summed E-state index contributed by atoms with van der Waals surface area (Å²) in [5.74, 6) is 0.762. The Labute approximate surface area is 133 Å². The van der Waals surface area contributed by atoms with Gasteiger partial charge in [-0.05, 0) is 24.6 Å². The number of nitrogens with one attached hydrogen (secondary N) is 2. The lowest BCUT2D eigenvalue weighted by molar-refractivity contribution is 0.0780. The van der Waals surface area contributed by atoms with Crippen molar-refractivity contribution in [1.82, 2.24) is 19.9 Å². The molecule has 0 bridgehead atoms. The number of carbonyl (C=O) groups is 1. The molecule has 0 saturated carbocycles. The summed E-state index contributed by atoms with van der Waals surface area (Å²) in [5, 5.41) is 4.04. The second-order valence-electron chi connectivity index (χ2n) is 5.80. The molecule has 3 aromatic rings. The third kappa shape index (κ3) is 2.41. The van der Waals surface area contributed by atoms with E-state index in [1.165, 1.54) is 0 Å². The van der Waals surface area contributed by atoms with E-state index < -0.39 is 0 Å². The molecular weight excluding hydrogens is 292 g/mol. The van der Waals surface area contributed by atoms with Crippen LogP contribution in [-0.2, 0) is 11.8 Å². The van der Waals surface area contributed by atoms with Gasteiger partial charge in [0.05, 0.1) is 6.04 Å². The minimum absolute atomic E-state index is 0.0715.